The number of benzene rings is 1. The van der Waals surface area contributed by atoms with Crippen molar-refractivity contribution in [3.8, 4) is 11.5 Å². The van der Waals surface area contributed by atoms with Crippen LogP contribution in [0.4, 0.5) is 0 Å². The number of methoxy groups -OCH3 is 2. The van der Waals surface area contributed by atoms with Gasteiger partial charge in [-0.25, -0.2) is 4.79 Å². The van der Waals surface area contributed by atoms with Crippen LogP contribution in [-0.2, 0) is 14.3 Å². The minimum atomic E-state index is -0.490. The standard InChI is InChI=1S/C22H27NO5/c1-5-28-18-11-10-15(13-19(18)26-3)12-17-20(22(25)27-4)14(2)23(21(17)24)16-8-6-7-9-16/h10-13,16H,5-9H2,1-4H3/b17-12-. The Hall–Kier alpha value is -2.76. The van der Waals surface area contributed by atoms with Gasteiger partial charge in [-0.2, -0.15) is 0 Å². The van der Waals surface area contributed by atoms with Crippen molar-refractivity contribution in [1.82, 2.24) is 4.90 Å². The number of carbonyl (C=O) groups excluding carboxylic acids is 2. The van der Waals surface area contributed by atoms with Gasteiger partial charge in [0.05, 0.1) is 32.0 Å². The van der Waals surface area contributed by atoms with E-state index in [4.69, 9.17) is 14.2 Å². The molecule has 2 aliphatic rings. The van der Waals surface area contributed by atoms with E-state index in [1.54, 1.807) is 30.2 Å². The first-order valence-electron chi connectivity index (χ1n) is 9.67. The topological polar surface area (TPSA) is 65.1 Å². The molecule has 0 saturated heterocycles. The number of hydrogen-bond acceptors (Lipinski definition) is 5. The van der Waals surface area contributed by atoms with E-state index in [0.717, 1.165) is 31.2 Å². The summed E-state index contributed by atoms with van der Waals surface area (Å²) >= 11 is 0. The van der Waals surface area contributed by atoms with Crippen molar-refractivity contribution in [3.63, 3.8) is 0 Å². The van der Waals surface area contributed by atoms with E-state index < -0.39 is 5.97 Å². The molecule has 6 heteroatoms. The van der Waals surface area contributed by atoms with Crippen LogP contribution >= 0.6 is 0 Å². The van der Waals surface area contributed by atoms with Gasteiger partial charge in [0.1, 0.15) is 0 Å². The molecule has 1 aliphatic carbocycles. The van der Waals surface area contributed by atoms with Gasteiger partial charge in [0.25, 0.3) is 5.91 Å². The van der Waals surface area contributed by atoms with Crippen LogP contribution in [0.15, 0.2) is 35.0 Å². The molecule has 0 unspecified atom stereocenters. The second-order valence-electron chi connectivity index (χ2n) is 6.97. The van der Waals surface area contributed by atoms with Crippen LogP contribution in [0.25, 0.3) is 6.08 Å². The first-order chi connectivity index (χ1) is 13.5. The monoisotopic (exact) mass is 385 g/mol. The number of amides is 1. The third-order valence-electron chi connectivity index (χ3n) is 5.32. The molecule has 0 bridgehead atoms. The average molecular weight is 385 g/mol. The van der Waals surface area contributed by atoms with Gasteiger partial charge in [-0.15, -0.1) is 0 Å². The van der Waals surface area contributed by atoms with Crippen LogP contribution in [0.1, 0.15) is 45.1 Å². The summed E-state index contributed by atoms with van der Waals surface area (Å²) in [6.07, 6.45) is 5.85. The molecule has 0 aromatic heterocycles. The zero-order valence-corrected chi connectivity index (χ0v) is 16.9. The fourth-order valence-electron chi connectivity index (χ4n) is 4.02. The normalized spacial score (nSPS) is 18.9. The summed E-state index contributed by atoms with van der Waals surface area (Å²) in [6.45, 7) is 4.25. The van der Waals surface area contributed by atoms with Gasteiger partial charge in [-0.05, 0) is 50.5 Å². The molecule has 6 nitrogen and oxygen atoms in total. The molecule has 1 saturated carbocycles. The maximum absolute atomic E-state index is 13.2. The molecule has 1 heterocycles. The maximum atomic E-state index is 13.2. The molecule has 0 radical (unpaired) electrons. The number of rotatable bonds is 6. The lowest BCUT2D eigenvalue weighted by Gasteiger charge is -2.25. The lowest BCUT2D eigenvalue weighted by atomic mass is 10.0. The van der Waals surface area contributed by atoms with Crippen LogP contribution in [0, 0.1) is 0 Å². The zero-order chi connectivity index (χ0) is 20.3. The quantitative estimate of drug-likeness (QED) is 0.552. The molecule has 1 fully saturated rings. The van der Waals surface area contributed by atoms with Gasteiger partial charge in [0.15, 0.2) is 11.5 Å². The van der Waals surface area contributed by atoms with Gasteiger partial charge < -0.3 is 19.1 Å². The Morgan fingerprint density at radius 1 is 1.21 bits per heavy atom. The molecule has 3 rings (SSSR count). The van der Waals surface area contributed by atoms with Crippen molar-refractivity contribution in [2.75, 3.05) is 20.8 Å². The van der Waals surface area contributed by atoms with Crippen LogP contribution in [-0.4, -0.2) is 43.6 Å². The Morgan fingerprint density at radius 3 is 2.54 bits per heavy atom. The SMILES string of the molecule is CCOc1ccc(/C=C2\C(=O)N(C3CCCC3)C(C)=C2C(=O)OC)cc1OC. The number of carbonyl (C=O) groups is 2. The van der Waals surface area contributed by atoms with E-state index in [2.05, 4.69) is 0 Å². The van der Waals surface area contributed by atoms with E-state index in [1.165, 1.54) is 7.11 Å². The summed E-state index contributed by atoms with van der Waals surface area (Å²) in [7, 11) is 2.91. The third-order valence-corrected chi connectivity index (χ3v) is 5.32. The van der Waals surface area contributed by atoms with Crippen LogP contribution < -0.4 is 9.47 Å². The molecule has 28 heavy (non-hydrogen) atoms. The number of hydrogen-bond donors (Lipinski definition) is 0. The van der Waals surface area contributed by atoms with Crippen molar-refractivity contribution >= 4 is 18.0 Å². The van der Waals surface area contributed by atoms with E-state index in [0.29, 0.717) is 34.9 Å². The Balaban J connectivity index is 2.03. The van der Waals surface area contributed by atoms with Crippen LogP contribution in [0.2, 0.25) is 0 Å². The Morgan fingerprint density at radius 2 is 1.93 bits per heavy atom. The molecular formula is C22H27NO5. The molecule has 1 aromatic carbocycles. The van der Waals surface area contributed by atoms with Crippen molar-refractivity contribution in [2.45, 2.75) is 45.6 Å². The highest BCUT2D eigenvalue weighted by molar-refractivity contribution is 6.16. The molecule has 1 aromatic rings. The Kier molecular flexibility index (Phi) is 6.07. The number of ether oxygens (including phenoxy) is 3. The van der Waals surface area contributed by atoms with E-state index >= 15 is 0 Å². The van der Waals surface area contributed by atoms with Crippen LogP contribution in [0.3, 0.4) is 0 Å². The highest BCUT2D eigenvalue weighted by Gasteiger charge is 2.41. The number of allylic oxidation sites excluding steroid dienone is 1. The number of esters is 1. The van der Waals surface area contributed by atoms with Crippen molar-refractivity contribution in [3.05, 3.63) is 40.6 Å². The third kappa shape index (κ3) is 3.63. The van der Waals surface area contributed by atoms with Gasteiger partial charge in [-0.3, -0.25) is 4.79 Å². The summed E-state index contributed by atoms with van der Waals surface area (Å²) < 4.78 is 15.9. The second kappa shape index (κ2) is 8.50. The molecule has 0 N–H and O–H groups in total. The van der Waals surface area contributed by atoms with Crippen molar-refractivity contribution in [1.29, 1.82) is 0 Å². The smallest absolute Gasteiger partial charge is 0.340 e. The van der Waals surface area contributed by atoms with Gasteiger partial charge in [-0.1, -0.05) is 18.9 Å². The highest BCUT2D eigenvalue weighted by Crippen LogP contribution is 2.38. The fraction of sp³-hybridized carbons (Fsp3) is 0.455. The summed E-state index contributed by atoms with van der Waals surface area (Å²) in [6, 6.07) is 5.59. The predicted octanol–water partition coefficient (Wildman–Crippen LogP) is 3.71. The molecular weight excluding hydrogens is 358 g/mol. The fourth-order valence-corrected chi connectivity index (χ4v) is 4.02. The van der Waals surface area contributed by atoms with Crippen LogP contribution in [0.5, 0.6) is 11.5 Å². The van der Waals surface area contributed by atoms with E-state index in [1.807, 2.05) is 19.9 Å². The molecule has 1 aliphatic heterocycles. The van der Waals surface area contributed by atoms with Gasteiger partial charge in [0, 0.05) is 11.7 Å². The minimum Gasteiger partial charge on any atom is -0.493 e. The van der Waals surface area contributed by atoms with E-state index in [-0.39, 0.29) is 11.9 Å². The molecule has 0 atom stereocenters. The van der Waals surface area contributed by atoms with Gasteiger partial charge >= 0.3 is 5.97 Å². The predicted molar refractivity (Wildman–Crippen MR) is 106 cm³/mol. The first kappa shape index (κ1) is 20.0. The summed E-state index contributed by atoms with van der Waals surface area (Å²) in [5.74, 6) is 0.583. The molecule has 1 amide bonds. The van der Waals surface area contributed by atoms with Crippen molar-refractivity contribution < 1.29 is 23.8 Å². The number of nitrogens with zero attached hydrogens (tertiary/aromatic N) is 1. The highest BCUT2D eigenvalue weighted by atomic mass is 16.5. The average Bonchev–Trinajstić information content (AvgIpc) is 3.29. The Labute approximate surface area is 165 Å². The zero-order valence-electron chi connectivity index (χ0n) is 16.9. The largest absolute Gasteiger partial charge is 0.493 e. The maximum Gasteiger partial charge on any atom is 0.340 e. The lowest BCUT2D eigenvalue weighted by molar-refractivity contribution is -0.136. The lowest BCUT2D eigenvalue weighted by Crippen LogP contribution is -2.34. The Bertz CT molecular complexity index is 833. The van der Waals surface area contributed by atoms with Gasteiger partial charge in [0.2, 0.25) is 0 Å². The molecule has 150 valence electrons. The second-order valence-corrected chi connectivity index (χ2v) is 6.97. The summed E-state index contributed by atoms with van der Waals surface area (Å²) in [5, 5.41) is 0. The van der Waals surface area contributed by atoms with Crippen molar-refractivity contribution in [2.24, 2.45) is 0 Å². The molecule has 0 spiro atoms. The van der Waals surface area contributed by atoms with E-state index in [9.17, 15) is 9.59 Å². The minimum absolute atomic E-state index is 0.141. The first-order valence-corrected chi connectivity index (χ1v) is 9.67. The summed E-state index contributed by atoms with van der Waals surface area (Å²) in [4.78, 5) is 27.4. The summed E-state index contributed by atoms with van der Waals surface area (Å²) in [5.41, 5.74) is 2.13.